The quantitative estimate of drug-likeness (QED) is 0.857. The van der Waals surface area contributed by atoms with Gasteiger partial charge in [0, 0.05) is 24.6 Å². The standard InChI is InChI=1S/C13H17NO3/c1-14-7-9(8-14)12(13(15)16)10-5-3-4-6-11(10)17-2/h3-6,9,12H,7-8H2,1-2H3,(H,15,16). The number of likely N-dealkylation sites (tertiary alicyclic amines) is 1. The molecule has 4 heteroatoms. The predicted octanol–water partition coefficient (Wildman–Crippen LogP) is 1.42. The Balaban J connectivity index is 2.29. The average Bonchev–Trinajstić information content (AvgIpc) is 2.27. The van der Waals surface area contributed by atoms with Gasteiger partial charge in [-0.05, 0) is 13.1 Å². The number of methoxy groups -OCH3 is 1. The summed E-state index contributed by atoms with van der Waals surface area (Å²) in [7, 11) is 3.57. The second-order valence-corrected chi connectivity index (χ2v) is 4.54. The summed E-state index contributed by atoms with van der Waals surface area (Å²) in [5, 5.41) is 9.39. The van der Waals surface area contributed by atoms with E-state index in [0.29, 0.717) is 5.75 Å². The molecule has 1 heterocycles. The van der Waals surface area contributed by atoms with Crippen molar-refractivity contribution in [1.82, 2.24) is 4.90 Å². The van der Waals surface area contributed by atoms with Crippen molar-refractivity contribution in [1.29, 1.82) is 0 Å². The van der Waals surface area contributed by atoms with Crippen LogP contribution in [0.25, 0.3) is 0 Å². The Morgan fingerprint density at radius 2 is 2.12 bits per heavy atom. The molecular formula is C13H17NO3. The second kappa shape index (κ2) is 4.75. The van der Waals surface area contributed by atoms with Gasteiger partial charge in [0.1, 0.15) is 5.75 Å². The minimum atomic E-state index is -0.771. The molecule has 1 aromatic carbocycles. The van der Waals surface area contributed by atoms with Crippen LogP contribution < -0.4 is 4.74 Å². The topological polar surface area (TPSA) is 49.8 Å². The Kier molecular flexibility index (Phi) is 3.33. The Hall–Kier alpha value is -1.55. The summed E-state index contributed by atoms with van der Waals surface area (Å²) in [5.74, 6) is -0.404. The van der Waals surface area contributed by atoms with Gasteiger partial charge in [-0.25, -0.2) is 0 Å². The van der Waals surface area contributed by atoms with Crippen LogP contribution in [0.3, 0.4) is 0 Å². The summed E-state index contributed by atoms with van der Waals surface area (Å²) in [6, 6.07) is 7.37. The zero-order chi connectivity index (χ0) is 12.4. The van der Waals surface area contributed by atoms with Crippen molar-refractivity contribution < 1.29 is 14.6 Å². The smallest absolute Gasteiger partial charge is 0.311 e. The molecule has 0 spiro atoms. The van der Waals surface area contributed by atoms with Crippen molar-refractivity contribution in [3.05, 3.63) is 29.8 Å². The number of carboxylic acid groups (broad SMARTS) is 1. The van der Waals surface area contributed by atoms with Gasteiger partial charge in [0.2, 0.25) is 0 Å². The Labute approximate surface area is 101 Å². The lowest BCUT2D eigenvalue weighted by atomic mass is 9.81. The molecule has 2 rings (SSSR count). The molecule has 0 radical (unpaired) electrons. The fourth-order valence-corrected chi connectivity index (χ4v) is 2.47. The van der Waals surface area contributed by atoms with Crippen LogP contribution in [0.1, 0.15) is 11.5 Å². The van der Waals surface area contributed by atoms with Crippen LogP contribution in [0.2, 0.25) is 0 Å². The van der Waals surface area contributed by atoms with Crippen LogP contribution in [0, 0.1) is 5.92 Å². The summed E-state index contributed by atoms with van der Waals surface area (Å²) in [6.45, 7) is 1.66. The first-order valence-electron chi connectivity index (χ1n) is 5.67. The van der Waals surface area contributed by atoms with Crippen molar-refractivity contribution in [3.63, 3.8) is 0 Å². The molecule has 0 aliphatic carbocycles. The number of carbonyl (C=O) groups is 1. The summed E-state index contributed by atoms with van der Waals surface area (Å²) < 4.78 is 5.25. The Morgan fingerprint density at radius 1 is 1.47 bits per heavy atom. The summed E-state index contributed by atoms with van der Waals surface area (Å²) in [5.41, 5.74) is 0.778. The van der Waals surface area contributed by atoms with Crippen molar-refractivity contribution in [2.45, 2.75) is 5.92 Å². The zero-order valence-corrected chi connectivity index (χ0v) is 10.1. The van der Waals surface area contributed by atoms with Gasteiger partial charge in [-0.15, -0.1) is 0 Å². The highest BCUT2D eigenvalue weighted by Crippen LogP contribution is 2.36. The first-order chi connectivity index (χ1) is 8.13. The van der Waals surface area contributed by atoms with E-state index in [-0.39, 0.29) is 5.92 Å². The Bertz CT molecular complexity index is 413. The third-order valence-corrected chi connectivity index (χ3v) is 3.30. The van der Waals surface area contributed by atoms with Crippen molar-refractivity contribution in [2.24, 2.45) is 5.92 Å². The zero-order valence-electron chi connectivity index (χ0n) is 10.1. The minimum absolute atomic E-state index is 0.175. The number of aliphatic carboxylic acids is 1. The molecule has 0 aromatic heterocycles. The van der Waals surface area contributed by atoms with E-state index in [4.69, 9.17) is 4.74 Å². The van der Waals surface area contributed by atoms with Crippen LogP contribution in [0.4, 0.5) is 0 Å². The van der Waals surface area contributed by atoms with Crippen LogP contribution >= 0.6 is 0 Å². The van der Waals surface area contributed by atoms with Crippen LogP contribution in [-0.4, -0.2) is 43.2 Å². The van der Waals surface area contributed by atoms with Gasteiger partial charge in [0.25, 0.3) is 0 Å². The first kappa shape index (κ1) is 11.9. The van der Waals surface area contributed by atoms with Gasteiger partial charge in [-0.2, -0.15) is 0 Å². The number of benzene rings is 1. The summed E-state index contributed by atoms with van der Waals surface area (Å²) in [6.07, 6.45) is 0. The maximum absolute atomic E-state index is 11.4. The van der Waals surface area contributed by atoms with E-state index in [1.54, 1.807) is 7.11 Å². The summed E-state index contributed by atoms with van der Waals surface area (Å²) in [4.78, 5) is 13.6. The molecular weight excluding hydrogens is 218 g/mol. The van der Waals surface area contributed by atoms with Gasteiger partial charge >= 0.3 is 5.97 Å². The molecule has 4 nitrogen and oxygen atoms in total. The van der Waals surface area contributed by atoms with E-state index in [0.717, 1.165) is 18.7 Å². The highest BCUT2D eigenvalue weighted by Gasteiger charge is 2.38. The van der Waals surface area contributed by atoms with Crippen molar-refractivity contribution >= 4 is 5.97 Å². The number of nitrogens with zero attached hydrogens (tertiary/aromatic N) is 1. The van der Waals surface area contributed by atoms with Crippen molar-refractivity contribution in [2.75, 3.05) is 27.2 Å². The third-order valence-electron chi connectivity index (χ3n) is 3.30. The number of hydrogen-bond acceptors (Lipinski definition) is 3. The molecule has 1 aromatic rings. The summed E-state index contributed by atoms with van der Waals surface area (Å²) >= 11 is 0. The lowest BCUT2D eigenvalue weighted by Gasteiger charge is -2.40. The highest BCUT2D eigenvalue weighted by atomic mass is 16.5. The first-order valence-corrected chi connectivity index (χ1v) is 5.67. The van der Waals surface area contributed by atoms with Gasteiger partial charge in [0.05, 0.1) is 13.0 Å². The van der Waals surface area contributed by atoms with E-state index in [1.807, 2.05) is 31.3 Å². The monoisotopic (exact) mass is 235 g/mol. The van der Waals surface area contributed by atoms with Crippen LogP contribution in [0.5, 0.6) is 5.75 Å². The van der Waals surface area contributed by atoms with E-state index < -0.39 is 11.9 Å². The molecule has 1 atom stereocenters. The number of para-hydroxylation sites is 1. The third kappa shape index (κ3) is 2.26. The van der Waals surface area contributed by atoms with Gasteiger partial charge in [0.15, 0.2) is 0 Å². The molecule has 1 aliphatic heterocycles. The minimum Gasteiger partial charge on any atom is -0.496 e. The molecule has 0 bridgehead atoms. The molecule has 1 aliphatic rings. The normalized spacial score (nSPS) is 18.5. The number of ether oxygens (including phenoxy) is 1. The fraction of sp³-hybridized carbons (Fsp3) is 0.462. The maximum Gasteiger partial charge on any atom is 0.311 e. The predicted molar refractivity (Wildman–Crippen MR) is 64.4 cm³/mol. The lowest BCUT2D eigenvalue weighted by molar-refractivity contribution is -0.141. The van der Waals surface area contributed by atoms with Crippen LogP contribution in [-0.2, 0) is 4.79 Å². The van der Waals surface area contributed by atoms with E-state index in [1.165, 1.54) is 0 Å². The fourth-order valence-electron chi connectivity index (χ4n) is 2.47. The number of hydrogen-bond donors (Lipinski definition) is 1. The molecule has 1 N–H and O–H groups in total. The maximum atomic E-state index is 11.4. The van der Waals surface area contributed by atoms with Crippen molar-refractivity contribution in [3.8, 4) is 5.75 Å². The number of carboxylic acids is 1. The molecule has 17 heavy (non-hydrogen) atoms. The molecule has 1 fully saturated rings. The SMILES string of the molecule is COc1ccccc1C(C(=O)O)C1CN(C)C1. The molecule has 1 saturated heterocycles. The van der Waals surface area contributed by atoms with Gasteiger partial charge in [-0.1, -0.05) is 18.2 Å². The van der Waals surface area contributed by atoms with Gasteiger partial charge < -0.3 is 14.7 Å². The highest BCUT2D eigenvalue weighted by molar-refractivity contribution is 5.78. The van der Waals surface area contributed by atoms with Gasteiger partial charge in [-0.3, -0.25) is 4.79 Å². The van der Waals surface area contributed by atoms with E-state index in [2.05, 4.69) is 4.90 Å². The largest absolute Gasteiger partial charge is 0.496 e. The molecule has 92 valence electrons. The molecule has 0 saturated carbocycles. The van der Waals surface area contributed by atoms with Crippen LogP contribution in [0.15, 0.2) is 24.3 Å². The Morgan fingerprint density at radius 3 is 2.65 bits per heavy atom. The second-order valence-electron chi connectivity index (χ2n) is 4.54. The molecule has 1 unspecified atom stereocenters. The molecule has 0 amide bonds. The van der Waals surface area contributed by atoms with E-state index >= 15 is 0 Å². The lowest BCUT2D eigenvalue weighted by Crippen LogP contribution is -2.48. The average molecular weight is 235 g/mol. The number of rotatable bonds is 4. The van der Waals surface area contributed by atoms with E-state index in [9.17, 15) is 9.90 Å².